The molecule has 0 aliphatic heterocycles. The largest absolute Gasteiger partial charge is 0.435 e. The van der Waals surface area contributed by atoms with Crippen molar-refractivity contribution in [3.63, 3.8) is 0 Å². The summed E-state index contributed by atoms with van der Waals surface area (Å²) < 4.78 is 5.54. The minimum Gasteiger partial charge on any atom is -0.435 e. The van der Waals surface area contributed by atoms with Crippen LogP contribution >= 0.6 is 0 Å². The second-order valence-electron chi connectivity index (χ2n) is 3.16. The summed E-state index contributed by atoms with van der Waals surface area (Å²) in [6, 6.07) is 9.10. The highest BCUT2D eigenvalue weighted by atomic mass is 16.5. The van der Waals surface area contributed by atoms with Gasteiger partial charge >= 0.3 is 0 Å². The lowest BCUT2D eigenvalue weighted by Crippen LogP contribution is -1.96. The van der Waals surface area contributed by atoms with Crippen molar-refractivity contribution in [2.45, 2.75) is 6.92 Å². The molecule has 1 aromatic carbocycles. The van der Waals surface area contributed by atoms with E-state index in [1.807, 2.05) is 19.1 Å². The molecular formula is C11H11N3O. The average Bonchev–Trinajstić information content (AvgIpc) is 2.25. The molecular weight excluding hydrogens is 190 g/mol. The monoisotopic (exact) mass is 201 g/mol. The second-order valence-corrected chi connectivity index (χ2v) is 3.16. The fraction of sp³-hybridized carbons (Fsp3) is 0.0909. The number of nitrogen functional groups attached to an aromatic ring is 1. The van der Waals surface area contributed by atoms with Gasteiger partial charge in [-0.2, -0.15) is 5.10 Å². The quantitative estimate of drug-likeness (QED) is 0.756. The molecule has 0 saturated heterocycles. The number of para-hydroxylation sites is 1. The van der Waals surface area contributed by atoms with Crippen LogP contribution in [0.3, 0.4) is 0 Å². The topological polar surface area (TPSA) is 61.0 Å². The number of ether oxygens (including phenoxy) is 1. The van der Waals surface area contributed by atoms with Crippen molar-refractivity contribution in [2.24, 2.45) is 0 Å². The van der Waals surface area contributed by atoms with E-state index in [0.29, 0.717) is 17.3 Å². The van der Waals surface area contributed by atoms with Gasteiger partial charge in [-0.1, -0.05) is 12.1 Å². The summed E-state index contributed by atoms with van der Waals surface area (Å²) in [4.78, 5) is 0. The Hall–Kier alpha value is -2.10. The van der Waals surface area contributed by atoms with E-state index in [0.717, 1.165) is 5.56 Å². The zero-order valence-corrected chi connectivity index (χ0v) is 8.34. The molecule has 0 aliphatic rings. The number of rotatable bonds is 2. The lowest BCUT2D eigenvalue weighted by atomic mass is 10.2. The predicted molar refractivity (Wildman–Crippen MR) is 57.7 cm³/mol. The van der Waals surface area contributed by atoms with E-state index < -0.39 is 0 Å². The molecule has 0 unspecified atom stereocenters. The molecule has 4 nitrogen and oxygen atoms in total. The first-order valence-electron chi connectivity index (χ1n) is 4.58. The molecule has 0 saturated carbocycles. The Morgan fingerprint density at radius 2 is 2.07 bits per heavy atom. The van der Waals surface area contributed by atoms with Gasteiger partial charge in [0.1, 0.15) is 0 Å². The van der Waals surface area contributed by atoms with Crippen molar-refractivity contribution in [1.29, 1.82) is 0 Å². The number of nitrogens with zero attached hydrogens (tertiary/aromatic N) is 2. The van der Waals surface area contributed by atoms with Crippen molar-refractivity contribution in [2.75, 3.05) is 5.73 Å². The molecule has 76 valence electrons. The maximum absolute atomic E-state index is 5.80. The highest BCUT2D eigenvalue weighted by Crippen LogP contribution is 2.29. The number of hydrogen-bond acceptors (Lipinski definition) is 4. The smallest absolute Gasteiger partial charge is 0.238 e. The van der Waals surface area contributed by atoms with Gasteiger partial charge in [-0.15, -0.1) is 5.10 Å². The van der Waals surface area contributed by atoms with E-state index >= 15 is 0 Å². The molecule has 0 bridgehead atoms. The Kier molecular flexibility index (Phi) is 2.49. The van der Waals surface area contributed by atoms with Crippen LogP contribution < -0.4 is 10.5 Å². The molecule has 0 atom stereocenters. The maximum Gasteiger partial charge on any atom is 0.238 e. The van der Waals surface area contributed by atoms with Gasteiger partial charge in [-0.05, 0) is 24.6 Å². The number of aryl methyl sites for hydroxylation is 1. The highest BCUT2D eigenvalue weighted by molar-refractivity contribution is 5.57. The average molecular weight is 201 g/mol. The van der Waals surface area contributed by atoms with Crippen LogP contribution in [0.4, 0.5) is 5.69 Å². The molecule has 4 heteroatoms. The van der Waals surface area contributed by atoms with Crippen LogP contribution in [0.15, 0.2) is 36.5 Å². The standard InChI is InChI=1S/C11H11N3O/c1-8-4-2-5-9(12)11(8)15-10-6-3-7-13-14-10/h2-7H,12H2,1H3. The maximum atomic E-state index is 5.80. The lowest BCUT2D eigenvalue weighted by molar-refractivity contribution is 0.454. The van der Waals surface area contributed by atoms with Crippen molar-refractivity contribution in [3.05, 3.63) is 42.1 Å². The molecule has 2 rings (SSSR count). The normalized spacial score (nSPS) is 9.93. The van der Waals surface area contributed by atoms with Crippen LogP contribution in [0.5, 0.6) is 11.6 Å². The van der Waals surface area contributed by atoms with Crippen LogP contribution in [-0.4, -0.2) is 10.2 Å². The van der Waals surface area contributed by atoms with Crippen LogP contribution in [0.1, 0.15) is 5.56 Å². The van der Waals surface area contributed by atoms with Gasteiger partial charge in [-0.3, -0.25) is 0 Å². The molecule has 0 spiro atoms. The number of hydrogen-bond donors (Lipinski definition) is 1. The summed E-state index contributed by atoms with van der Waals surface area (Å²) in [7, 11) is 0. The highest BCUT2D eigenvalue weighted by Gasteiger charge is 2.05. The van der Waals surface area contributed by atoms with Crippen molar-refractivity contribution in [3.8, 4) is 11.6 Å². The summed E-state index contributed by atoms with van der Waals surface area (Å²) in [6.45, 7) is 1.93. The molecule has 2 N–H and O–H groups in total. The van der Waals surface area contributed by atoms with E-state index in [-0.39, 0.29) is 0 Å². The zero-order valence-electron chi connectivity index (χ0n) is 8.34. The third kappa shape index (κ3) is 2.04. The summed E-state index contributed by atoms with van der Waals surface area (Å²) in [5.74, 6) is 1.08. The van der Waals surface area contributed by atoms with E-state index in [1.54, 1.807) is 24.4 Å². The van der Waals surface area contributed by atoms with E-state index in [2.05, 4.69) is 10.2 Å². The van der Waals surface area contributed by atoms with Gasteiger partial charge < -0.3 is 10.5 Å². The zero-order chi connectivity index (χ0) is 10.7. The van der Waals surface area contributed by atoms with Gasteiger partial charge in [0.05, 0.1) is 5.69 Å². The molecule has 0 aliphatic carbocycles. The molecule has 2 aromatic rings. The summed E-state index contributed by atoms with van der Waals surface area (Å²) in [5.41, 5.74) is 7.37. The Morgan fingerprint density at radius 3 is 2.73 bits per heavy atom. The minimum absolute atomic E-state index is 0.443. The number of anilines is 1. The Bertz CT molecular complexity index is 436. The third-order valence-electron chi connectivity index (χ3n) is 2.00. The van der Waals surface area contributed by atoms with E-state index in [9.17, 15) is 0 Å². The second kappa shape index (κ2) is 3.96. The first kappa shape index (κ1) is 9.45. The van der Waals surface area contributed by atoms with Gasteiger partial charge in [0.2, 0.25) is 5.88 Å². The molecule has 15 heavy (non-hydrogen) atoms. The fourth-order valence-corrected chi connectivity index (χ4v) is 1.26. The van der Waals surface area contributed by atoms with Crippen LogP contribution in [0.25, 0.3) is 0 Å². The molecule has 1 heterocycles. The molecule has 0 fully saturated rings. The van der Waals surface area contributed by atoms with Gasteiger partial charge in [0, 0.05) is 12.3 Å². The van der Waals surface area contributed by atoms with Crippen molar-refractivity contribution in [1.82, 2.24) is 10.2 Å². The SMILES string of the molecule is Cc1cccc(N)c1Oc1cccnn1. The summed E-state index contributed by atoms with van der Waals surface area (Å²) >= 11 is 0. The number of aromatic nitrogens is 2. The lowest BCUT2D eigenvalue weighted by Gasteiger charge is -2.09. The third-order valence-corrected chi connectivity index (χ3v) is 2.00. The summed E-state index contributed by atoms with van der Waals surface area (Å²) in [6.07, 6.45) is 1.59. The molecule has 0 amide bonds. The minimum atomic E-state index is 0.443. The van der Waals surface area contributed by atoms with Crippen LogP contribution in [0, 0.1) is 6.92 Å². The van der Waals surface area contributed by atoms with Crippen LogP contribution in [-0.2, 0) is 0 Å². The first-order valence-corrected chi connectivity index (χ1v) is 4.58. The predicted octanol–water partition coefficient (Wildman–Crippen LogP) is 2.16. The van der Waals surface area contributed by atoms with E-state index in [4.69, 9.17) is 10.5 Å². The Labute approximate surface area is 87.7 Å². The fourth-order valence-electron chi connectivity index (χ4n) is 1.26. The van der Waals surface area contributed by atoms with Crippen molar-refractivity contribution < 1.29 is 4.74 Å². The van der Waals surface area contributed by atoms with Crippen LogP contribution in [0.2, 0.25) is 0 Å². The van der Waals surface area contributed by atoms with Crippen molar-refractivity contribution >= 4 is 5.69 Å². The molecule has 1 aromatic heterocycles. The number of benzene rings is 1. The van der Waals surface area contributed by atoms with Gasteiger partial charge in [-0.25, -0.2) is 0 Å². The Balaban J connectivity index is 2.32. The first-order chi connectivity index (χ1) is 7.27. The number of nitrogens with two attached hydrogens (primary N) is 1. The summed E-state index contributed by atoms with van der Waals surface area (Å²) in [5, 5.41) is 7.55. The Morgan fingerprint density at radius 1 is 1.20 bits per heavy atom. The molecule has 0 radical (unpaired) electrons. The van der Waals surface area contributed by atoms with Gasteiger partial charge in [0.15, 0.2) is 5.75 Å². The van der Waals surface area contributed by atoms with E-state index in [1.165, 1.54) is 0 Å². The van der Waals surface area contributed by atoms with Gasteiger partial charge in [0.25, 0.3) is 0 Å².